The Morgan fingerprint density at radius 2 is 2.36 bits per heavy atom. The fourth-order valence-electron chi connectivity index (χ4n) is 1.07. The number of hydrogen-bond donors (Lipinski definition) is 1. The molecule has 76 valence electrons. The number of pyridine rings is 1. The number of rotatable bonds is 4. The van der Waals surface area contributed by atoms with Gasteiger partial charge in [-0.25, -0.2) is 4.98 Å². The van der Waals surface area contributed by atoms with Gasteiger partial charge in [0.05, 0.1) is 5.56 Å². The van der Waals surface area contributed by atoms with Crippen molar-refractivity contribution in [2.24, 2.45) is 0 Å². The number of nitrogens with zero attached hydrogens (tertiary/aromatic N) is 1. The van der Waals surface area contributed by atoms with E-state index < -0.39 is 0 Å². The van der Waals surface area contributed by atoms with Crippen LogP contribution in [0, 0.1) is 0 Å². The van der Waals surface area contributed by atoms with Crippen molar-refractivity contribution in [1.29, 1.82) is 0 Å². The number of hydrogen-bond acceptors (Lipinski definition) is 3. The first kappa shape index (κ1) is 11.0. The smallest absolute Gasteiger partial charge is 0.254 e. The van der Waals surface area contributed by atoms with E-state index in [0.717, 1.165) is 10.8 Å². The number of carbonyl (C=O) groups is 1. The maximum absolute atomic E-state index is 11.6. The Morgan fingerprint density at radius 3 is 3.00 bits per heavy atom. The summed E-state index contributed by atoms with van der Waals surface area (Å²) in [7, 11) is 0. The van der Waals surface area contributed by atoms with Gasteiger partial charge in [0.25, 0.3) is 5.91 Å². The quantitative estimate of drug-likeness (QED) is 0.772. The Balaban J connectivity index is 2.88. The molecule has 0 aliphatic carbocycles. The molecule has 1 heterocycles. The lowest BCUT2D eigenvalue weighted by Crippen LogP contribution is -2.23. The first-order chi connectivity index (χ1) is 6.79. The zero-order chi connectivity index (χ0) is 10.4. The minimum absolute atomic E-state index is 0.0449. The summed E-state index contributed by atoms with van der Waals surface area (Å²) in [4.78, 5) is 15.7. The summed E-state index contributed by atoms with van der Waals surface area (Å²) < 4.78 is 0. The number of thioether (sulfide) groups is 1. The van der Waals surface area contributed by atoms with E-state index in [1.807, 2.05) is 13.8 Å². The standard InChI is InChI=1S/C10H14N2OS/c1-3-11-9(13)8-6-5-7-12-10(8)14-4-2/h5-7H,3-4H2,1-2H3,(H,11,13). The van der Waals surface area contributed by atoms with Crippen molar-refractivity contribution >= 4 is 17.7 Å². The highest BCUT2D eigenvalue weighted by molar-refractivity contribution is 7.99. The SMILES string of the molecule is CCNC(=O)c1cccnc1SCC. The highest BCUT2D eigenvalue weighted by atomic mass is 32.2. The predicted molar refractivity (Wildman–Crippen MR) is 58.6 cm³/mol. The molecule has 1 aromatic heterocycles. The molecule has 1 amide bonds. The first-order valence-corrected chi connectivity index (χ1v) is 5.64. The van der Waals surface area contributed by atoms with Gasteiger partial charge in [-0.1, -0.05) is 6.92 Å². The van der Waals surface area contributed by atoms with Crippen LogP contribution < -0.4 is 5.32 Å². The van der Waals surface area contributed by atoms with Crippen molar-refractivity contribution in [1.82, 2.24) is 10.3 Å². The van der Waals surface area contributed by atoms with Gasteiger partial charge in [0.15, 0.2) is 0 Å². The summed E-state index contributed by atoms with van der Waals surface area (Å²) in [6, 6.07) is 3.58. The lowest BCUT2D eigenvalue weighted by Gasteiger charge is -2.06. The molecule has 0 radical (unpaired) electrons. The summed E-state index contributed by atoms with van der Waals surface area (Å²) in [6.45, 7) is 4.59. The van der Waals surface area contributed by atoms with Crippen molar-refractivity contribution in [2.45, 2.75) is 18.9 Å². The van der Waals surface area contributed by atoms with E-state index in [2.05, 4.69) is 10.3 Å². The molecule has 1 N–H and O–H groups in total. The first-order valence-electron chi connectivity index (χ1n) is 4.65. The Bertz CT molecular complexity index is 315. The molecule has 0 fully saturated rings. The van der Waals surface area contributed by atoms with Crippen molar-refractivity contribution < 1.29 is 4.79 Å². The zero-order valence-electron chi connectivity index (χ0n) is 8.41. The second-order valence-corrected chi connectivity index (χ2v) is 3.90. The number of carbonyl (C=O) groups excluding carboxylic acids is 1. The minimum Gasteiger partial charge on any atom is -0.352 e. The Labute approximate surface area is 88.3 Å². The lowest BCUT2D eigenvalue weighted by molar-refractivity contribution is 0.0952. The summed E-state index contributed by atoms with van der Waals surface area (Å²) in [6.07, 6.45) is 1.71. The molecule has 0 aromatic carbocycles. The molecular weight excluding hydrogens is 196 g/mol. The fourth-order valence-corrected chi connectivity index (χ4v) is 1.80. The van der Waals surface area contributed by atoms with Gasteiger partial charge in [0, 0.05) is 12.7 Å². The van der Waals surface area contributed by atoms with E-state index in [1.165, 1.54) is 0 Å². The Hall–Kier alpha value is -1.03. The van der Waals surface area contributed by atoms with Gasteiger partial charge in [0.1, 0.15) is 5.03 Å². The molecule has 14 heavy (non-hydrogen) atoms. The van der Waals surface area contributed by atoms with Crippen molar-refractivity contribution in [3.63, 3.8) is 0 Å². The molecule has 0 saturated carbocycles. The van der Waals surface area contributed by atoms with Crippen LogP contribution in [0.5, 0.6) is 0 Å². The maximum atomic E-state index is 11.6. The predicted octanol–water partition coefficient (Wildman–Crippen LogP) is 1.94. The van der Waals surface area contributed by atoms with E-state index in [-0.39, 0.29) is 5.91 Å². The van der Waals surface area contributed by atoms with Crippen LogP contribution in [-0.2, 0) is 0 Å². The second-order valence-electron chi connectivity index (χ2n) is 2.65. The van der Waals surface area contributed by atoms with Gasteiger partial charge in [-0.2, -0.15) is 0 Å². The van der Waals surface area contributed by atoms with Crippen LogP contribution in [0.15, 0.2) is 23.4 Å². The summed E-state index contributed by atoms with van der Waals surface area (Å²) in [5.74, 6) is 0.875. The monoisotopic (exact) mass is 210 g/mol. The van der Waals surface area contributed by atoms with Gasteiger partial charge < -0.3 is 5.32 Å². The summed E-state index contributed by atoms with van der Waals surface area (Å²) >= 11 is 1.58. The van der Waals surface area contributed by atoms with Crippen molar-refractivity contribution in [2.75, 3.05) is 12.3 Å². The van der Waals surface area contributed by atoms with Gasteiger partial charge in [0.2, 0.25) is 0 Å². The third kappa shape index (κ3) is 2.73. The topological polar surface area (TPSA) is 42.0 Å². The molecule has 0 bridgehead atoms. The van der Waals surface area contributed by atoms with Crippen LogP contribution in [0.25, 0.3) is 0 Å². The van der Waals surface area contributed by atoms with Crippen LogP contribution in [0.2, 0.25) is 0 Å². The van der Waals surface area contributed by atoms with E-state index in [4.69, 9.17) is 0 Å². The third-order valence-corrected chi connectivity index (χ3v) is 2.52. The summed E-state index contributed by atoms with van der Waals surface area (Å²) in [5, 5.41) is 3.57. The number of amides is 1. The van der Waals surface area contributed by atoms with Crippen LogP contribution in [-0.4, -0.2) is 23.2 Å². The molecule has 1 aromatic rings. The Morgan fingerprint density at radius 1 is 1.57 bits per heavy atom. The van der Waals surface area contributed by atoms with Crippen LogP contribution >= 0.6 is 11.8 Å². The molecule has 4 heteroatoms. The fraction of sp³-hybridized carbons (Fsp3) is 0.400. The second kappa shape index (κ2) is 5.65. The molecule has 0 unspecified atom stereocenters. The lowest BCUT2D eigenvalue weighted by atomic mass is 10.3. The third-order valence-electron chi connectivity index (χ3n) is 1.63. The zero-order valence-corrected chi connectivity index (χ0v) is 9.23. The maximum Gasteiger partial charge on any atom is 0.254 e. The van der Waals surface area contributed by atoms with Gasteiger partial charge in [-0.15, -0.1) is 11.8 Å². The van der Waals surface area contributed by atoms with E-state index in [1.54, 1.807) is 30.1 Å². The molecule has 0 spiro atoms. The molecule has 1 rings (SSSR count). The van der Waals surface area contributed by atoms with Gasteiger partial charge in [-0.3, -0.25) is 4.79 Å². The highest BCUT2D eigenvalue weighted by Crippen LogP contribution is 2.18. The average Bonchev–Trinajstić information content (AvgIpc) is 2.19. The van der Waals surface area contributed by atoms with E-state index in [9.17, 15) is 4.79 Å². The average molecular weight is 210 g/mol. The van der Waals surface area contributed by atoms with Crippen molar-refractivity contribution in [3.8, 4) is 0 Å². The Kier molecular flexibility index (Phi) is 4.46. The van der Waals surface area contributed by atoms with E-state index in [0.29, 0.717) is 12.1 Å². The normalized spacial score (nSPS) is 9.86. The van der Waals surface area contributed by atoms with Crippen LogP contribution in [0.1, 0.15) is 24.2 Å². The van der Waals surface area contributed by atoms with Crippen LogP contribution in [0.3, 0.4) is 0 Å². The summed E-state index contributed by atoms with van der Waals surface area (Å²) in [5.41, 5.74) is 0.668. The molecule has 0 atom stereocenters. The minimum atomic E-state index is -0.0449. The van der Waals surface area contributed by atoms with Gasteiger partial charge >= 0.3 is 0 Å². The molecule has 0 aliphatic rings. The largest absolute Gasteiger partial charge is 0.352 e. The molecule has 0 aliphatic heterocycles. The molecular formula is C10H14N2OS. The van der Waals surface area contributed by atoms with Crippen molar-refractivity contribution in [3.05, 3.63) is 23.9 Å². The highest BCUT2D eigenvalue weighted by Gasteiger charge is 2.10. The van der Waals surface area contributed by atoms with E-state index >= 15 is 0 Å². The van der Waals surface area contributed by atoms with Crippen LogP contribution in [0.4, 0.5) is 0 Å². The molecule has 3 nitrogen and oxygen atoms in total. The number of nitrogens with one attached hydrogen (secondary N) is 1. The number of aromatic nitrogens is 1. The van der Waals surface area contributed by atoms with Gasteiger partial charge in [-0.05, 0) is 24.8 Å². The molecule has 0 saturated heterocycles.